The van der Waals surface area contributed by atoms with Crippen molar-refractivity contribution in [2.75, 3.05) is 0 Å². The summed E-state index contributed by atoms with van der Waals surface area (Å²) in [6, 6.07) is 1.78. The third kappa shape index (κ3) is 4.51. The van der Waals surface area contributed by atoms with Crippen molar-refractivity contribution in [1.82, 2.24) is 9.97 Å². The third-order valence-corrected chi connectivity index (χ3v) is 0.478. The predicted molar refractivity (Wildman–Crippen MR) is 32.4 cm³/mol. The van der Waals surface area contributed by atoms with E-state index in [-0.39, 0.29) is 40.8 Å². The molecule has 1 heterocycles. The number of nitrogens with zero attached hydrogens (tertiary/aromatic N) is 2. The largest absolute Gasteiger partial charge is 0.245 e. The minimum atomic E-state index is 0. The fourth-order valence-corrected chi connectivity index (χ4v) is 0.253. The van der Waals surface area contributed by atoms with Crippen LogP contribution >= 0.6 is 13.5 Å². The molecule has 0 aliphatic carbocycles. The number of hydrogen-bond donors (Lipinski definition) is 0. The minimum absolute atomic E-state index is 0. The van der Waals surface area contributed by atoms with Crippen LogP contribution < -0.4 is 0 Å². The average Bonchev–Trinajstić information content (AvgIpc) is 1.72. The Labute approximate surface area is 75.3 Å². The van der Waals surface area contributed by atoms with Crippen LogP contribution in [0.15, 0.2) is 24.8 Å². The molecule has 8 heavy (non-hydrogen) atoms. The van der Waals surface area contributed by atoms with Crippen molar-refractivity contribution in [2.45, 2.75) is 0 Å². The first-order valence-corrected chi connectivity index (χ1v) is 1.70. The van der Waals surface area contributed by atoms with Crippen molar-refractivity contribution in [1.29, 1.82) is 0 Å². The van der Waals surface area contributed by atoms with Gasteiger partial charge in [-0.1, -0.05) is 0 Å². The molecule has 0 spiro atoms. The van der Waals surface area contributed by atoms with Crippen LogP contribution in [0.5, 0.6) is 0 Å². The van der Waals surface area contributed by atoms with Crippen LogP contribution in [-0.2, 0) is 27.3 Å². The van der Waals surface area contributed by atoms with Gasteiger partial charge in [-0.25, -0.2) is 9.97 Å². The minimum Gasteiger partial charge on any atom is -0.245 e. The molecule has 1 aromatic heterocycles. The molecular weight excluding hydrogens is 221 g/mol. The van der Waals surface area contributed by atoms with Gasteiger partial charge in [0.2, 0.25) is 0 Å². The van der Waals surface area contributed by atoms with Gasteiger partial charge in [0.1, 0.15) is 6.33 Å². The fraction of sp³-hybridized carbons (Fsp3) is 0. The van der Waals surface area contributed by atoms with Crippen molar-refractivity contribution >= 4 is 13.5 Å². The molecule has 40 valence electrons. The zero-order valence-corrected chi connectivity index (χ0v) is 9.45. The summed E-state index contributed by atoms with van der Waals surface area (Å²) in [6.07, 6.45) is 4.88. The molecule has 0 atom stereocenters. The monoisotopic (exact) mass is 228 g/mol. The first-order chi connectivity index (χ1) is 3.00. The van der Waals surface area contributed by atoms with Gasteiger partial charge in [0, 0.05) is 39.7 Å². The van der Waals surface area contributed by atoms with Gasteiger partial charge in [-0.05, 0) is 6.07 Å². The molecule has 0 fully saturated rings. The molecule has 0 aliphatic rings. The molecular formula is C4H6CdN2S. The van der Waals surface area contributed by atoms with E-state index in [0.29, 0.717) is 0 Å². The molecule has 0 unspecified atom stereocenters. The Balaban J connectivity index is 0. The predicted octanol–water partition coefficient (Wildman–Crippen LogP) is 0.587. The van der Waals surface area contributed by atoms with Crippen LogP contribution in [0.2, 0.25) is 0 Å². The Morgan fingerprint density at radius 3 is 1.62 bits per heavy atom. The molecule has 1 aromatic rings. The Morgan fingerprint density at radius 2 is 1.50 bits per heavy atom. The first-order valence-electron chi connectivity index (χ1n) is 1.70. The maximum Gasteiger partial charge on any atom is 0.115 e. The van der Waals surface area contributed by atoms with E-state index in [9.17, 15) is 0 Å². The second-order valence-corrected chi connectivity index (χ2v) is 0.904. The molecule has 0 N–H and O–H groups in total. The van der Waals surface area contributed by atoms with Crippen molar-refractivity contribution in [3.63, 3.8) is 0 Å². The quantitative estimate of drug-likeness (QED) is 0.605. The molecule has 0 aromatic carbocycles. The normalized spacial score (nSPS) is 6.00. The van der Waals surface area contributed by atoms with E-state index in [1.807, 2.05) is 0 Å². The molecule has 0 saturated carbocycles. The molecule has 0 aliphatic heterocycles. The zero-order chi connectivity index (χ0) is 4.24. The van der Waals surface area contributed by atoms with E-state index in [4.69, 9.17) is 0 Å². The maximum absolute atomic E-state index is 3.67. The van der Waals surface area contributed by atoms with Crippen LogP contribution in [-0.4, -0.2) is 9.97 Å². The van der Waals surface area contributed by atoms with Gasteiger partial charge in [-0.15, -0.1) is 0 Å². The zero-order valence-electron chi connectivity index (χ0n) is 4.41. The van der Waals surface area contributed by atoms with Crippen LogP contribution in [0.3, 0.4) is 0 Å². The molecule has 4 heteroatoms. The third-order valence-electron chi connectivity index (χ3n) is 0.478. The summed E-state index contributed by atoms with van der Waals surface area (Å²) in [5.41, 5.74) is 0. The summed E-state index contributed by atoms with van der Waals surface area (Å²) in [4.78, 5) is 7.35. The summed E-state index contributed by atoms with van der Waals surface area (Å²) in [5.74, 6) is 0. The SMILES string of the molecule is S.[Cd].c1cncnc1. The van der Waals surface area contributed by atoms with E-state index >= 15 is 0 Å². The van der Waals surface area contributed by atoms with E-state index < -0.39 is 0 Å². The smallest absolute Gasteiger partial charge is 0.115 e. The Kier molecular flexibility index (Phi) is 10.3. The standard InChI is InChI=1S/C4H4N2.Cd.H2S/c1-2-5-4-6-3-1;;/h1-4H;;1H2. The molecule has 0 saturated heterocycles. The van der Waals surface area contributed by atoms with Crippen molar-refractivity contribution < 1.29 is 27.3 Å². The Hall–Kier alpha value is 0.352. The molecule has 0 amide bonds. The van der Waals surface area contributed by atoms with E-state index in [0.717, 1.165) is 0 Å². The second-order valence-electron chi connectivity index (χ2n) is 0.904. The Morgan fingerprint density at radius 1 is 1.00 bits per heavy atom. The van der Waals surface area contributed by atoms with E-state index in [1.54, 1.807) is 18.5 Å². The van der Waals surface area contributed by atoms with Crippen LogP contribution in [0, 0.1) is 0 Å². The molecule has 2 nitrogen and oxygen atoms in total. The van der Waals surface area contributed by atoms with Gasteiger partial charge in [-0.2, -0.15) is 13.5 Å². The van der Waals surface area contributed by atoms with Gasteiger partial charge in [0.05, 0.1) is 0 Å². The summed E-state index contributed by atoms with van der Waals surface area (Å²) >= 11 is 0. The van der Waals surface area contributed by atoms with Crippen LogP contribution in [0.25, 0.3) is 0 Å². The van der Waals surface area contributed by atoms with Crippen molar-refractivity contribution in [3.8, 4) is 0 Å². The molecule has 0 bridgehead atoms. The summed E-state index contributed by atoms with van der Waals surface area (Å²) in [5, 5.41) is 0. The fourth-order valence-electron chi connectivity index (χ4n) is 0.253. The second kappa shape index (κ2) is 7.35. The topological polar surface area (TPSA) is 25.8 Å². The van der Waals surface area contributed by atoms with Gasteiger partial charge >= 0.3 is 0 Å². The maximum atomic E-state index is 3.67. The van der Waals surface area contributed by atoms with Gasteiger partial charge in [-0.3, -0.25) is 0 Å². The number of hydrogen-bond acceptors (Lipinski definition) is 2. The Bertz CT molecular complexity index is 86.0. The summed E-state index contributed by atoms with van der Waals surface area (Å²) in [7, 11) is 0. The molecule has 0 radical (unpaired) electrons. The van der Waals surface area contributed by atoms with Crippen LogP contribution in [0.4, 0.5) is 0 Å². The number of rotatable bonds is 0. The molecule has 1 rings (SSSR count). The van der Waals surface area contributed by atoms with E-state index in [1.165, 1.54) is 6.33 Å². The summed E-state index contributed by atoms with van der Waals surface area (Å²) in [6.45, 7) is 0. The van der Waals surface area contributed by atoms with Crippen molar-refractivity contribution in [2.24, 2.45) is 0 Å². The van der Waals surface area contributed by atoms with Gasteiger partial charge in [0.25, 0.3) is 0 Å². The van der Waals surface area contributed by atoms with E-state index in [2.05, 4.69) is 9.97 Å². The van der Waals surface area contributed by atoms with Crippen molar-refractivity contribution in [3.05, 3.63) is 24.8 Å². The first kappa shape index (κ1) is 11.2. The average molecular weight is 227 g/mol. The number of aromatic nitrogens is 2. The van der Waals surface area contributed by atoms with Gasteiger partial charge in [0.15, 0.2) is 0 Å². The summed E-state index contributed by atoms with van der Waals surface area (Å²) < 4.78 is 0. The van der Waals surface area contributed by atoms with Crippen LogP contribution in [0.1, 0.15) is 0 Å². The van der Waals surface area contributed by atoms with Gasteiger partial charge < -0.3 is 0 Å².